The summed E-state index contributed by atoms with van der Waals surface area (Å²) in [6.45, 7) is 6.62. The molecule has 118 valence electrons. The van der Waals surface area contributed by atoms with Gasteiger partial charge in [0.1, 0.15) is 11.4 Å². The van der Waals surface area contributed by atoms with E-state index >= 15 is 0 Å². The number of piperidine rings is 1. The van der Waals surface area contributed by atoms with Gasteiger partial charge in [-0.25, -0.2) is 0 Å². The molecule has 5 nitrogen and oxygen atoms in total. The van der Waals surface area contributed by atoms with E-state index in [-0.39, 0.29) is 0 Å². The minimum Gasteiger partial charge on any atom is -0.383 e. The summed E-state index contributed by atoms with van der Waals surface area (Å²) in [4.78, 5) is 6.61. The molecule has 0 bridgehead atoms. The Hall–Kier alpha value is -1.72. The van der Waals surface area contributed by atoms with E-state index in [0.717, 1.165) is 36.8 Å². The maximum absolute atomic E-state index is 10.8. The summed E-state index contributed by atoms with van der Waals surface area (Å²) in [5.41, 5.74) is 0.940. The number of pyridine rings is 1. The molecule has 2 aromatic heterocycles. The molecule has 1 saturated heterocycles. The second-order valence-electron chi connectivity index (χ2n) is 6.40. The molecule has 1 N–H and O–H groups in total. The molecule has 1 fully saturated rings. The fourth-order valence-electron chi connectivity index (χ4n) is 2.88. The molecule has 0 spiro atoms. The standard InChI is InChI=1S/C17H23N3O2/c1-13(2)15-11-14(19-22-15)12-20-9-6-17(21,7-10-20)16-5-3-4-8-18-16/h3-5,8,11,13,21H,6-7,9-10,12H2,1-2H3. The lowest BCUT2D eigenvalue weighted by atomic mass is 9.87. The van der Waals surface area contributed by atoms with Crippen LogP contribution in [0.4, 0.5) is 0 Å². The Morgan fingerprint density at radius 2 is 2.09 bits per heavy atom. The van der Waals surface area contributed by atoms with Gasteiger partial charge in [-0.05, 0) is 25.0 Å². The maximum atomic E-state index is 10.8. The van der Waals surface area contributed by atoms with E-state index in [2.05, 4.69) is 28.9 Å². The highest BCUT2D eigenvalue weighted by molar-refractivity contribution is 5.14. The van der Waals surface area contributed by atoms with Gasteiger partial charge in [0.15, 0.2) is 0 Å². The number of rotatable bonds is 4. The van der Waals surface area contributed by atoms with Crippen molar-refractivity contribution < 1.29 is 9.63 Å². The average molecular weight is 301 g/mol. The highest BCUT2D eigenvalue weighted by Crippen LogP contribution is 2.31. The van der Waals surface area contributed by atoms with Gasteiger partial charge in [0.2, 0.25) is 0 Å². The Morgan fingerprint density at radius 1 is 1.32 bits per heavy atom. The number of likely N-dealkylation sites (tertiary alicyclic amines) is 1. The fraction of sp³-hybridized carbons (Fsp3) is 0.529. The third kappa shape index (κ3) is 3.20. The number of aromatic nitrogens is 2. The summed E-state index contributed by atoms with van der Waals surface area (Å²) in [5, 5.41) is 14.9. The first-order valence-corrected chi connectivity index (χ1v) is 7.88. The molecule has 0 aromatic carbocycles. The van der Waals surface area contributed by atoms with Crippen molar-refractivity contribution in [3.8, 4) is 0 Å². The molecular weight excluding hydrogens is 278 g/mol. The molecule has 0 aliphatic carbocycles. The van der Waals surface area contributed by atoms with Crippen molar-refractivity contribution in [3.63, 3.8) is 0 Å². The van der Waals surface area contributed by atoms with Crippen molar-refractivity contribution in [2.75, 3.05) is 13.1 Å². The van der Waals surface area contributed by atoms with Crippen LogP contribution < -0.4 is 0 Å². The van der Waals surface area contributed by atoms with E-state index in [1.807, 2.05) is 24.3 Å². The van der Waals surface area contributed by atoms with Crippen molar-refractivity contribution in [2.24, 2.45) is 0 Å². The van der Waals surface area contributed by atoms with E-state index in [0.29, 0.717) is 18.8 Å². The van der Waals surface area contributed by atoms with Crippen LogP contribution >= 0.6 is 0 Å². The normalized spacial score (nSPS) is 18.7. The third-order valence-corrected chi connectivity index (χ3v) is 4.36. The van der Waals surface area contributed by atoms with Gasteiger partial charge in [0.25, 0.3) is 0 Å². The van der Waals surface area contributed by atoms with Crippen molar-refractivity contribution in [3.05, 3.63) is 47.6 Å². The Bertz CT molecular complexity index is 601. The summed E-state index contributed by atoms with van der Waals surface area (Å²) in [6.07, 6.45) is 3.13. The van der Waals surface area contributed by atoms with Gasteiger partial charge in [-0.2, -0.15) is 0 Å². The minimum absolute atomic E-state index is 0.358. The lowest BCUT2D eigenvalue weighted by molar-refractivity contribution is -0.0314. The van der Waals surface area contributed by atoms with Gasteiger partial charge in [0.05, 0.1) is 11.4 Å². The predicted molar refractivity (Wildman–Crippen MR) is 83.2 cm³/mol. The van der Waals surface area contributed by atoms with Crippen LogP contribution in [0.25, 0.3) is 0 Å². The van der Waals surface area contributed by atoms with Gasteiger partial charge in [-0.1, -0.05) is 25.1 Å². The zero-order chi connectivity index (χ0) is 15.6. The second kappa shape index (κ2) is 6.18. The summed E-state index contributed by atoms with van der Waals surface area (Å²) in [7, 11) is 0. The van der Waals surface area contributed by atoms with Crippen LogP contribution in [0.1, 0.15) is 49.8 Å². The molecule has 0 saturated carbocycles. The van der Waals surface area contributed by atoms with Crippen molar-refractivity contribution >= 4 is 0 Å². The van der Waals surface area contributed by atoms with Gasteiger partial charge in [-0.3, -0.25) is 9.88 Å². The van der Waals surface area contributed by atoms with E-state index < -0.39 is 5.60 Å². The van der Waals surface area contributed by atoms with Crippen LogP contribution in [0.5, 0.6) is 0 Å². The Morgan fingerprint density at radius 3 is 2.68 bits per heavy atom. The van der Waals surface area contributed by atoms with E-state index in [1.165, 1.54) is 0 Å². The van der Waals surface area contributed by atoms with E-state index in [9.17, 15) is 5.11 Å². The molecule has 0 atom stereocenters. The van der Waals surface area contributed by atoms with Crippen LogP contribution in [-0.4, -0.2) is 33.2 Å². The lowest BCUT2D eigenvalue weighted by Crippen LogP contribution is -2.42. The summed E-state index contributed by atoms with van der Waals surface area (Å²) < 4.78 is 5.34. The van der Waals surface area contributed by atoms with Crippen LogP contribution in [0.3, 0.4) is 0 Å². The predicted octanol–water partition coefficient (Wildman–Crippen LogP) is 2.68. The number of nitrogens with zero attached hydrogens (tertiary/aromatic N) is 3. The van der Waals surface area contributed by atoms with Gasteiger partial charge < -0.3 is 9.63 Å². The monoisotopic (exact) mass is 301 g/mol. The molecule has 3 rings (SSSR count). The Labute approximate surface area is 131 Å². The van der Waals surface area contributed by atoms with Gasteiger partial charge >= 0.3 is 0 Å². The molecule has 22 heavy (non-hydrogen) atoms. The molecule has 0 amide bonds. The zero-order valence-corrected chi connectivity index (χ0v) is 13.2. The first-order valence-electron chi connectivity index (χ1n) is 7.88. The summed E-state index contributed by atoms with van der Waals surface area (Å²) >= 11 is 0. The SMILES string of the molecule is CC(C)c1cc(CN2CCC(O)(c3ccccn3)CC2)no1. The summed E-state index contributed by atoms with van der Waals surface area (Å²) in [5.74, 6) is 1.29. The molecule has 1 aliphatic rings. The topological polar surface area (TPSA) is 62.4 Å². The molecule has 1 aliphatic heterocycles. The Balaban J connectivity index is 1.59. The average Bonchev–Trinajstić information content (AvgIpc) is 3.00. The molecule has 2 aromatic rings. The van der Waals surface area contributed by atoms with Crippen molar-refractivity contribution in [2.45, 2.75) is 44.8 Å². The van der Waals surface area contributed by atoms with Crippen LogP contribution in [-0.2, 0) is 12.1 Å². The smallest absolute Gasteiger partial charge is 0.139 e. The third-order valence-electron chi connectivity index (χ3n) is 4.36. The summed E-state index contributed by atoms with van der Waals surface area (Å²) in [6, 6.07) is 7.74. The van der Waals surface area contributed by atoms with Crippen LogP contribution in [0.2, 0.25) is 0 Å². The highest BCUT2D eigenvalue weighted by Gasteiger charge is 2.35. The maximum Gasteiger partial charge on any atom is 0.139 e. The van der Waals surface area contributed by atoms with E-state index in [4.69, 9.17) is 4.52 Å². The minimum atomic E-state index is -0.801. The molecule has 5 heteroatoms. The Kier molecular flexibility index (Phi) is 4.27. The molecule has 3 heterocycles. The number of aliphatic hydroxyl groups is 1. The van der Waals surface area contributed by atoms with Gasteiger partial charge in [-0.15, -0.1) is 0 Å². The first-order chi connectivity index (χ1) is 10.6. The molecular formula is C17H23N3O2. The van der Waals surface area contributed by atoms with Crippen LogP contribution in [0, 0.1) is 0 Å². The first kappa shape index (κ1) is 15.2. The molecule has 0 radical (unpaired) electrons. The lowest BCUT2D eigenvalue weighted by Gasteiger charge is -2.37. The second-order valence-corrected chi connectivity index (χ2v) is 6.40. The van der Waals surface area contributed by atoms with E-state index in [1.54, 1.807) is 6.20 Å². The fourth-order valence-corrected chi connectivity index (χ4v) is 2.88. The van der Waals surface area contributed by atoms with Crippen molar-refractivity contribution in [1.29, 1.82) is 0 Å². The van der Waals surface area contributed by atoms with Gasteiger partial charge in [0, 0.05) is 37.8 Å². The van der Waals surface area contributed by atoms with Crippen molar-refractivity contribution in [1.82, 2.24) is 15.0 Å². The quantitative estimate of drug-likeness (QED) is 0.940. The molecule has 0 unspecified atom stereocenters. The number of hydrogen-bond donors (Lipinski definition) is 1. The highest BCUT2D eigenvalue weighted by atomic mass is 16.5. The van der Waals surface area contributed by atoms with Crippen LogP contribution in [0.15, 0.2) is 35.0 Å². The zero-order valence-electron chi connectivity index (χ0n) is 13.2. The largest absolute Gasteiger partial charge is 0.383 e. The number of hydrogen-bond acceptors (Lipinski definition) is 5.